The van der Waals surface area contributed by atoms with Crippen molar-refractivity contribution in [2.45, 2.75) is 11.8 Å². The summed E-state index contributed by atoms with van der Waals surface area (Å²) in [4.78, 5) is 42.4. The molecule has 18 rings (SSSR count). The first-order valence-corrected chi connectivity index (χ1v) is 29.7. The first-order valence-electron chi connectivity index (χ1n) is 29.7. The van der Waals surface area contributed by atoms with E-state index in [1.807, 2.05) is 97.1 Å². The standard InChI is InChI=1S/C80H50N8/c1-5-23-49(24-6-1)67-48-56(45-53-31-13-14-32-57(53)67)58-33-15-18-36-63(58)79-85-74(51-27-9-3-10-28-51)83-76(87-79)54-41-43-61-68(46-54)71-59-34-16-17-35-60(59)72(61)69-47-55(42-44-62(69)71)77-84-75(52-29-11-4-12-30-52)86-80(88-77)65-38-20-19-37-64(65)78-81-70-40-22-21-39-66(70)73(82-78)50-25-7-2-8-26-50/h1-48,71-72H. The number of nitrogens with zero attached hydrogens (tertiary/aromatic N) is 8. The topological polar surface area (TPSA) is 103 Å². The van der Waals surface area contributed by atoms with Gasteiger partial charge in [0.2, 0.25) is 0 Å². The normalized spacial score (nSPS) is 13.7. The summed E-state index contributed by atoms with van der Waals surface area (Å²) in [5, 5.41) is 3.35. The monoisotopic (exact) mass is 1120 g/mol. The molecule has 15 aromatic rings. The van der Waals surface area contributed by atoms with Gasteiger partial charge in [0.1, 0.15) is 0 Å². The molecule has 0 saturated carbocycles. The van der Waals surface area contributed by atoms with Crippen molar-refractivity contribution in [3.8, 4) is 113 Å². The van der Waals surface area contributed by atoms with Gasteiger partial charge in [-0.25, -0.2) is 39.9 Å². The van der Waals surface area contributed by atoms with Crippen LogP contribution < -0.4 is 0 Å². The van der Waals surface area contributed by atoms with Crippen LogP contribution in [0.2, 0.25) is 0 Å². The average molecular weight is 1120 g/mol. The van der Waals surface area contributed by atoms with Crippen LogP contribution >= 0.6 is 0 Å². The summed E-state index contributed by atoms with van der Waals surface area (Å²) >= 11 is 0. The Kier molecular flexibility index (Phi) is 12.2. The summed E-state index contributed by atoms with van der Waals surface area (Å²) in [5.41, 5.74) is 21.0. The minimum atomic E-state index is -0.0527. The lowest BCUT2D eigenvalue weighted by molar-refractivity contribution is 0.754. The highest BCUT2D eigenvalue weighted by molar-refractivity contribution is 6.01. The average Bonchev–Trinajstić information content (AvgIpc) is 0.790. The Morgan fingerprint density at radius 3 is 1.12 bits per heavy atom. The second-order valence-corrected chi connectivity index (χ2v) is 22.5. The van der Waals surface area contributed by atoms with Gasteiger partial charge in [0.25, 0.3) is 0 Å². The molecule has 3 aliphatic carbocycles. The maximum Gasteiger partial charge on any atom is 0.164 e. The molecule has 0 aliphatic heterocycles. The number of benzene rings is 12. The third-order valence-electron chi connectivity index (χ3n) is 17.4. The molecule has 2 atom stereocenters. The van der Waals surface area contributed by atoms with E-state index in [0.717, 1.165) is 77.8 Å². The molecule has 3 aliphatic rings. The molecule has 0 N–H and O–H groups in total. The van der Waals surface area contributed by atoms with Crippen molar-refractivity contribution in [2.75, 3.05) is 0 Å². The summed E-state index contributed by atoms with van der Waals surface area (Å²) in [7, 11) is 0. The number of hydrogen-bond acceptors (Lipinski definition) is 8. The first-order chi connectivity index (χ1) is 43.6. The summed E-state index contributed by atoms with van der Waals surface area (Å²) < 4.78 is 0. The summed E-state index contributed by atoms with van der Waals surface area (Å²) in [6.07, 6.45) is 0. The summed E-state index contributed by atoms with van der Waals surface area (Å²) in [6, 6.07) is 102. The highest BCUT2D eigenvalue weighted by atomic mass is 15.0. The van der Waals surface area contributed by atoms with Crippen LogP contribution in [0.25, 0.3) is 135 Å². The minimum absolute atomic E-state index is 0.0500. The molecule has 0 saturated heterocycles. The second kappa shape index (κ2) is 21.1. The van der Waals surface area contributed by atoms with Gasteiger partial charge in [-0.3, -0.25) is 0 Å². The zero-order valence-corrected chi connectivity index (χ0v) is 47.4. The molecule has 0 spiro atoms. The number of aromatic nitrogens is 8. The zero-order chi connectivity index (χ0) is 58.1. The maximum atomic E-state index is 5.43. The van der Waals surface area contributed by atoms with Crippen LogP contribution in [0.5, 0.6) is 0 Å². The highest BCUT2D eigenvalue weighted by Gasteiger charge is 2.42. The molecule has 410 valence electrons. The van der Waals surface area contributed by atoms with Crippen LogP contribution in [-0.2, 0) is 0 Å². The van der Waals surface area contributed by atoms with Gasteiger partial charge in [-0.15, -0.1) is 0 Å². The molecule has 12 aromatic carbocycles. The van der Waals surface area contributed by atoms with Crippen molar-refractivity contribution in [1.82, 2.24) is 39.9 Å². The Labute approximate surface area is 508 Å². The summed E-state index contributed by atoms with van der Waals surface area (Å²) in [6.45, 7) is 0. The molecule has 0 radical (unpaired) electrons. The van der Waals surface area contributed by atoms with Gasteiger partial charge < -0.3 is 0 Å². The molecule has 2 bridgehead atoms. The number of para-hydroxylation sites is 1. The smallest absolute Gasteiger partial charge is 0.164 e. The van der Waals surface area contributed by atoms with Crippen molar-refractivity contribution in [2.24, 2.45) is 0 Å². The van der Waals surface area contributed by atoms with E-state index in [1.165, 1.54) is 49.7 Å². The van der Waals surface area contributed by atoms with Crippen LogP contribution in [0.3, 0.4) is 0 Å². The second-order valence-electron chi connectivity index (χ2n) is 22.5. The third-order valence-corrected chi connectivity index (χ3v) is 17.4. The lowest BCUT2D eigenvalue weighted by Gasteiger charge is -2.42. The first kappa shape index (κ1) is 50.7. The van der Waals surface area contributed by atoms with Gasteiger partial charge in [0, 0.05) is 61.7 Å². The van der Waals surface area contributed by atoms with E-state index in [1.54, 1.807) is 0 Å². The van der Waals surface area contributed by atoms with E-state index < -0.39 is 0 Å². The molecule has 0 fully saturated rings. The van der Waals surface area contributed by atoms with E-state index in [-0.39, 0.29) is 11.8 Å². The van der Waals surface area contributed by atoms with Gasteiger partial charge in [0.05, 0.1) is 11.2 Å². The Morgan fingerprint density at radius 1 is 0.193 bits per heavy atom. The lowest BCUT2D eigenvalue weighted by atomic mass is 9.61. The molecule has 88 heavy (non-hydrogen) atoms. The van der Waals surface area contributed by atoms with E-state index in [0.29, 0.717) is 40.8 Å². The predicted molar refractivity (Wildman–Crippen MR) is 353 cm³/mol. The van der Waals surface area contributed by atoms with Crippen molar-refractivity contribution >= 4 is 21.7 Å². The van der Waals surface area contributed by atoms with Crippen molar-refractivity contribution in [3.63, 3.8) is 0 Å². The molecule has 2 unspecified atom stereocenters. The predicted octanol–water partition coefficient (Wildman–Crippen LogP) is 18.8. The molecular weight excluding hydrogens is 1070 g/mol. The van der Waals surface area contributed by atoms with Gasteiger partial charge in [-0.05, 0) is 96.7 Å². The van der Waals surface area contributed by atoms with Crippen molar-refractivity contribution in [1.29, 1.82) is 0 Å². The van der Waals surface area contributed by atoms with Gasteiger partial charge in [-0.1, -0.05) is 261 Å². The van der Waals surface area contributed by atoms with Gasteiger partial charge in [-0.2, -0.15) is 0 Å². The van der Waals surface area contributed by atoms with Crippen LogP contribution in [0.15, 0.2) is 291 Å². The van der Waals surface area contributed by atoms with E-state index in [2.05, 4.69) is 194 Å². The Hall–Kier alpha value is -11.7. The SMILES string of the molecule is c1ccc(-c2nc(-c3ccc4c(c3)C3c5ccccc5C4c4cc(-c5nc(-c6ccccc6)nc(-c6ccccc6-c6nc(-c7ccccc7)c7ccccc7n6)n5)ccc43)nc(-c3ccccc3-c3cc(-c4ccccc4)c4ccccc4c3)n2)cc1. The quantitative estimate of drug-likeness (QED) is 0.133. The molecule has 3 aromatic heterocycles. The molecule has 0 amide bonds. The number of fused-ring (bicyclic) bond motifs is 2. The Balaban J connectivity index is 0.782. The highest BCUT2D eigenvalue weighted by Crippen LogP contribution is 2.57. The van der Waals surface area contributed by atoms with Crippen LogP contribution in [0.4, 0.5) is 0 Å². The number of rotatable bonds is 10. The Morgan fingerprint density at radius 2 is 0.580 bits per heavy atom. The van der Waals surface area contributed by atoms with E-state index in [9.17, 15) is 0 Å². The maximum absolute atomic E-state index is 5.43. The minimum Gasteiger partial charge on any atom is -0.228 e. The Bertz CT molecular complexity index is 4900. The van der Waals surface area contributed by atoms with Crippen LogP contribution in [0, 0.1) is 0 Å². The fraction of sp³-hybridized carbons (Fsp3) is 0.0250. The fourth-order valence-corrected chi connectivity index (χ4v) is 13.3. The number of hydrogen-bond donors (Lipinski definition) is 0. The molecular formula is C80H50N8. The van der Waals surface area contributed by atoms with E-state index >= 15 is 0 Å². The largest absolute Gasteiger partial charge is 0.228 e. The van der Waals surface area contributed by atoms with E-state index in [4.69, 9.17) is 39.9 Å². The fourth-order valence-electron chi connectivity index (χ4n) is 13.3. The molecule has 3 heterocycles. The van der Waals surface area contributed by atoms with Crippen LogP contribution in [0.1, 0.15) is 45.2 Å². The zero-order valence-electron chi connectivity index (χ0n) is 47.4. The van der Waals surface area contributed by atoms with Crippen molar-refractivity contribution in [3.05, 3.63) is 325 Å². The molecule has 8 nitrogen and oxygen atoms in total. The lowest BCUT2D eigenvalue weighted by Crippen LogP contribution is -2.27. The van der Waals surface area contributed by atoms with Crippen LogP contribution in [-0.4, -0.2) is 39.9 Å². The molecule has 8 heteroatoms. The van der Waals surface area contributed by atoms with Crippen molar-refractivity contribution < 1.29 is 0 Å². The van der Waals surface area contributed by atoms with Gasteiger partial charge >= 0.3 is 0 Å². The van der Waals surface area contributed by atoms with Gasteiger partial charge in [0.15, 0.2) is 40.8 Å². The third kappa shape index (κ3) is 8.76. The summed E-state index contributed by atoms with van der Waals surface area (Å²) in [5.74, 6) is 4.01.